The lowest BCUT2D eigenvalue weighted by Gasteiger charge is -2.10. The predicted molar refractivity (Wildman–Crippen MR) is 105 cm³/mol. The molecule has 0 unspecified atom stereocenters. The Balaban J connectivity index is 1.43. The van der Waals surface area contributed by atoms with Crippen molar-refractivity contribution in [3.63, 3.8) is 0 Å². The van der Waals surface area contributed by atoms with Crippen LogP contribution in [0.4, 0.5) is 11.6 Å². The molecule has 0 bridgehead atoms. The summed E-state index contributed by atoms with van der Waals surface area (Å²) in [5.74, 6) is 1.40. The highest BCUT2D eigenvalue weighted by Gasteiger charge is 2.14. The second-order valence-electron chi connectivity index (χ2n) is 6.22. The molecule has 28 heavy (non-hydrogen) atoms. The molecule has 2 heterocycles. The third-order valence-electron chi connectivity index (χ3n) is 4.22. The number of nitrogens with zero attached hydrogens (tertiary/aromatic N) is 2. The third-order valence-corrected chi connectivity index (χ3v) is 4.46. The molecule has 0 saturated carbocycles. The summed E-state index contributed by atoms with van der Waals surface area (Å²) in [5, 5.41) is 6.54. The standard InChI is InChI=1S/C20H17ClN4O3/c1-12-2-4-14(21)9-16(12)25-20-22-7-6-15(24-20)19(26)23-10-13-3-5-17-18(8-13)28-11-27-17/h2-9H,10-11H2,1H3,(H,23,26)(H,22,24,25). The van der Waals surface area contributed by atoms with Crippen LogP contribution in [0.1, 0.15) is 21.6 Å². The van der Waals surface area contributed by atoms with E-state index in [0.717, 1.165) is 16.8 Å². The van der Waals surface area contributed by atoms with Gasteiger partial charge >= 0.3 is 0 Å². The number of nitrogens with one attached hydrogen (secondary N) is 2. The summed E-state index contributed by atoms with van der Waals surface area (Å²) in [4.78, 5) is 20.9. The van der Waals surface area contributed by atoms with Crippen molar-refractivity contribution < 1.29 is 14.3 Å². The Hall–Kier alpha value is -3.32. The Bertz CT molecular complexity index is 1040. The Morgan fingerprint density at radius 3 is 2.89 bits per heavy atom. The molecule has 1 amide bonds. The number of hydrogen-bond donors (Lipinski definition) is 2. The van der Waals surface area contributed by atoms with Crippen LogP contribution >= 0.6 is 11.6 Å². The lowest BCUT2D eigenvalue weighted by Crippen LogP contribution is -2.24. The van der Waals surface area contributed by atoms with Gasteiger partial charge in [0.1, 0.15) is 5.69 Å². The summed E-state index contributed by atoms with van der Waals surface area (Å²) < 4.78 is 10.6. The van der Waals surface area contributed by atoms with Crippen LogP contribution in [0.3, 0.4) is 0 Å². The Labute approximate surface area is 166 Å². The number of amides is 1. The van der Waals surface area contributed by atoms with Gasteiger partial charge in [0, 0.05) is 23.5 Å². The number of carbonyl (C=O) groups excluding carboxylic acids is 1. The highest BCUT2D eigenvalue weighted by molar-refractivity contribution is 6.30. The monoisotopic (exact) mass is 396 g/mol. The van der Waals surface area contributed by atoms with Gasteiger partial charge in [0.2, 0.25) is 12.7 Å². The first-order valence-corrected chi connectivity index (χ1v) is 8.99. The van der Waals surface area contributed by atoms with Gasteiger partial charge in [0.25, 0.3) is 5.91 Å². The topological polar surface area (TPSA) is 85.4 Å². The molecule has 1 aromatic heterocycles. The molecule has 3 aromatic rings. The van der Waals surface area contributed by atoms with Crippen molar-refractivity contribution in [1.82, 2.24) is 15.3 Å². The van der Waals surface area contributed by atoms with Crippen molar-refractivity contribution in [3.05, 3.63) is 70.5 Å². The first-order valence-electron chi connectivity index (χ1n) is 8.61. The van der Waals surface area contributed by atoms with E-state index in [4.69, 9.17) is 21.1 Å². The zero-order valence-electron chi connectivity index (χ0n) is 15.0. The maximum absolute atomic E-state index is 12.5. The van der Waals surface area contributed by atoms with Gasteiger partial charge in [-0.3, -0.25) is 4.79 Å². The summed E-state index contributed by atoms with van der Waals surface area (Å²) in [6, 6.07) is 12.6. The lowest BCUT2D eigenvalue weighted by atomic mass is 10.2. The Morgan fingerprint density at radius 1 is 1.14 bits per heavy atom. The van der Waals surface area contributed by atoms with Crippen molar-refractivity contribution >= 4 is 29.1 Å². The molecule has 0 aliphatic carbocycles. The fourth-order valence-corrected chi connectivity index (χ4v) is 2.89. The number of halogens is 1. The van der Waals surface area contributed by atoms with E-state index in [0.29, 0.717) is 29.0 Å². The van der Waals surface area contributed by atoms with Gasteiger partial charge < -0.3 is 20.1 Å². The summed E-state index contributed by atoms with van der Waals surface area (Å²) in [5.41, 5.74) is 2.94. The van der Waals surface area contributed by atoms with Crippen LogP contribution in [0.25, 0.3) is 0 Å². The van der Waals surface area contributed by atoms with E-state index >= 15 is 0 Å². The van der Waals surface area contributed by atoms with Gasteiger partial charge in [-0.25, -0.2) is 9.97 Å². The van der Waals surface area contributed by atoms with Gasteiger partial charge in [0.05, 0.1) is 0 Å². The number of aryl methyl sites for hydroxylation is 1. The number of hydrogen-bond acceptors (Lipinski definition) is 6. The fraction of sp³-hybridized carbons (Fsp3) is 0.150. The van der Waals surface area contributed by atoms with Crippen molar-refractivity contribution in [3.8, 4) is 11.5 Å². The molecule has 4 rings (SSSR count). The summed E-state index contributed by atoms with van der Waals surface area (Å²) in [7, 11) is 0. The van der Waals surface area contributed by atoms with E-state index in [-0.39, 0.29) is 18.4 Å². The number of carbonyl (C=O) groups is 1. The number of rotatable bonds is 5. The number of ether oxygens (including phenoxy) is 2. The van der Waals surface area contributed by atoms with Crippen LogP contribution in [-0.2, 0) is 6.54 Å². The van der Waals surface area contributed by atoms with Crippen LogP contribution in [0.5, 0.6) is 11.5 Å². The molecule has 0 spiro atoms. The molecule has 1 aliphatic rings. The fourth-order valence-electron chi connectivity index (χ4n) is 2.72. The van der Waals surface area contributed by atoms with E-state index in [9.17, 15) is 4.79 Å². The molecule has 142 valence electrons. The zero-order valence-corrected chi connectivity index (χ0v) is 15.8. The minimum atomic E-state index is -0.300. The molecular weight excluding hydrogens is 380 g/mol. The summed E-state index contributed by atoms with van der Waals surface area (Å²) in [6.07, 6.45) is 1.53. The zero-order chi connectivity index (χ0) is 19.5. The SMILES string of the molecule is Cc1ccc(Cl)cc1Nc1nccc(C(=O)NCc2ccc3c(c2)OCO3)n1. The minimum absolute atomic E-state index is 0.216. The second kappa shape index (κ2) is 7.74. The molecule has 0 fully saturated rings. The number of aromatic nitrogens is 2. The molecule has 0 atom stereocenters. The molecule has 7 nitrogen and oxygen atoms in total. The lowest BCUT2D eigenvalue weighted by molar-refractivity contribution is 0.0946. The minimum Gasteiger partial charge on any atom is -0.454 e. The largest absolute Gasteiger partial charge is 0.454 e. The third kappa shape index (κ3) is 3.99. The molecule has 2 N–H and O–H groups in total. The molecule has 8 heteroatoms. The van der Waals surface area contributed by atoms with Crippen molar-refractivity contribution in [1.29, 1.82) is 0 Å². The van der Waals surface area contributed by atoms with E-state index in [1.807, 2.05) is 37.3 Å². The van der Waals surface area contributed by atoms with Crippen LogP contribution in [0.2, 0.25) is 5.02 Å². The van der Waals surface area contributed by atoms with Crippen molar-refractivity contribution in [2.75, 3.05) is 12.1 Å². The summed E-state index contributed by atoms with van der Waals surface area (Å²) >= 11 is 6.04. The van der Waals surface area contributed by atoms with Gasteiger partial charge in [-0.15, -0.1) is 0 Å². The first-order chi connectivity index (χ1) is 13.6. The normalized spacial score (nSPS) is 11.9. The first kappa shape index (κ1) is 18.1. The Morgan fingerprint density at radius 2 is 2.00 bits per heavy atom. The van der Waals surface area contributed by atoms with E-state index < -0.39 is 0 Å². The molecule has 1 aliphatic heterocycles. The molecular formula is C20H17ClN4O3. The van der Waals surface area contributed by atoms with Crippen LogP contribution in [0, 0.1) is 6.92 Å². The average Bonchev–Trinajstić information content (AvgIpc) is 3.17. The van der Waals surface area contributed by atoms with Gasteiger partial charge in [-0.1, -0.05) is 23.7 Å². The van der Waals surface area contributed by atoms with E-state index in [2.05, 4.69) is 20.6 Å². The quantitative estimate of drug-likeness (QED) is 0.681. The van der Waals surface area contributed by atoms with Crippen LogP contribution in [0.15, 0.2) is 48.7 Å². The van der Waals surface area contributed by atoms with Gasteiger partial charge in [0.15, 0.2) is 11.5 Å². The van der Waals surface area contributed by atoms with Gasteiger partial charge in [-0.05, 0) is 48.4 Å². The average molecular weight is 397 g/mol. The number of fused-ring (bicyclic) bond motifs is 1. The molecule has 0 radical (unpaired) electrons. The van der Waals surface area contributed by atoms with E-state index in [1.165, 1.54) is 6.20 Å². The van der Waals surface area contributed by atoms with Gasteiger partial charge in [-0.2, -0.15) is 0 Å². The number of anilines is 2. The van der Waals surface area contributed by atoms with Crippen molar-refractivity contribution in [2.24, 2.45) is 0 Å². The second-order valence-corrected chi connectivity index (χ2v) is 6.66. The maximum atomic E-state index is 12.5. The molecule has 0 saturated heterocycles. The highest BCUT2D eigenvalue weighted by atomic mass is 35.5. The summed E-state index contributed by atoms with van der Waals surface area (Å²) in [6.45, 7) is 2.50. The van der Waals surface area contributed by atoms with Crippen molar-refractivity contribution in [2.45, 2.75) is 13.5 Å². The number of benzene rings is 2. The molecule has 2 aromatic carbocycles. The predicted octanol–water partition coefficient (Wildman–Crippen LogP) is 3.84. The van der Waals surface area contributed by atoms with Crippen LogP contribution < -0.4 is 20.1 Å². The van der Waals surface area contributed by atoms with E-state index in [1.54, 1.807) is 12.1 Å². The highest BCUT2D eigenvalue weighted by Crippen LogP contribution is 2.32. The van der Waals surface area contributed by atoms with Crippen LogP contribution in [-0.4, -0.2) is 22.7 Å². The Kier molecular flexibility index (Phi) is 4.99. The maximum Gasteiger partial charge on any atom is 0.270 e. The smallest absolute Gasteiger partial charge is 0.270 e.